The molecular formula is C6H4INO3. The molecule has 0 aliphatic carbocycles. The van der Waals surface area contributed by atoms with Gasteiger partial charge >= 0.3 is 5.97 Å². The van der Waals surface area contributed by atoms with Gasteiger partial charge in [-0.3, -0.25) is 4.98 Å². The molecule has 4 nitrogen and oxygen atoms in total. The van der Waals surface area contributed by atoms with Crippen molar-refractivity contribution in [2.45, 2.75) is 0 Å². The average molecular weight is 265 g/mol. The maximum Gasteiger partial charge on any atom is 0.339 e. The van der Waals surface area contributed by atoms with E-state index in [2.05, 4.69) is 4.98 Å². The summed E-state index contributed by atoms with van der Waals surface area (Å²) in [6, 6.07) is 1.39. The van der Waals surface area contributed by atoms with Gasteiger partial charge in [0.25, 0.3) is 0 Å². The van der Waals surface area contributed by atoms with E-state index in [0.717, 1.165) is 0 Å². The standard InChI is InChI=1S/C6H4INO3/c7-11-5-3-8-2-1-4(5)6(9)10/h1-3H,(H,9,10). The summed E-state index contributed by atoms with van der Waals surface area (Å²) in [5.41, 5.74) is 0.120. The highest BCUT2D eigenvalue weighted by Crippen LogP contribution is 2.17. The van der Waals surface area contributed by atoms with Crippen molar-refractivity contribution < 1.29 is 13.0 Å². The number of aromatic carboxylic acids is 1. The lowest BCUT2D eigenvalue weighted by molar-refractivity contribution is 0.0695. The lowest BCUT2D eigenvalue weighted by Crippen LogP contribution is -1.98. The van der Waals surface area contributed by atoms with Gasteiger partial charge in [0.15, 0.2) is 28.8 Å². The number of carbonyl (C=O) groups is 1. The summed E-state index contributed by atoms with van der Waals surface area (Å²) in [5.74, 6) is -0.750. The predicted molar refractivity (Wildman–Crippen MR) is 45.8 cm³/mol. The van der Waals surface area contributed by atoms with Crippen molar-refractivity contribution in [3.05, 3.63) is 24.0 Å². The summed E-state index contributed by atoms with van der Waals surface area (Å²) >= 11 is 1.61. The molecular weight excluding hydrogens is 261 g/mol. The van der Waals surface area contributed by atoms with E-state index in [9.17, 15) is 4.79 Å². The zero-order chi connectivity index (χ0) is 8.27. The zero-order valence-electron chi connectivity index (χ0n) is 5.32. The largest absolute Gasteiger partial charge is 0.478 e. The first kappa shape index (κ1) is 8.25. The number of hydrogen-bond acceptors (Lipinski definition) is 3. The molecule has 0 amide bonds. The SMILES string of the molecule is O=C(O)c1ccncc1OI. The van der Waals surface area contributed by atoms with Gasteiger partial charge in [-0.2, -0.15) is 0 Å². The zero-order valence-corrected chi connectivity index (χ0v) is 7.48. The molecule has 11 heavy (non-hydrogen) atoms. The van der Waals surface area contributed by atoms with Crippen LogP contribution in [0, 0.1) is 0 Å². The van der Waals surface area contributed by atoms with Crippen molar-refractivity contribution in [1.82, 2.24) is 4.98 Å². The molecule has 1 aromatic heterocycles. The van der Waals surface area contributed by atoms with Crippen LogP contribution in [0.15, 0.2) is 18.5 Å². The van der Waals surface area contributed by atoms with E-state index in [4.69, 9.17) is 8.17 Å². The maximum absolute atomic E-state index is 10.5. The minimum Gasteiger partial charge on any atom is -0.478 e. The molecule has 0 fully saturated rings. The van der Waals surface area contributed by atoms with Gasteiger partial charge in [-0.15, -0.1) is 0 Å². The molecule has 0 atom stereocenters. The van der Waals surface area contributed by atoms with Gasteiger partial charge in [-0.05, 0) is 6.07 Å². The summed E-state index contributed by atoms with van der Waals surface area (Å²) in [6.07, 6.45) is 2.76. The van der Waals surface area contributed by atoms with Crippen LogP contribution < -0.4 is 3.07 Å². The van der Waals surface area contributed by atoms with E-state index in [0.29, 0.717) is 0 Å². The van der Waals surface area contributed by atoms with Crippen LogP contribution in [0.4, 0.5) is 0 Å². The first-order chi connectivity index (χ1) is 5.25. The van der Waals surface area contributed by atoms with Gasteiger partial charge in [0.05, 0.1) is 6.20 Å². The van der Waals surface area contributed by atoms with Gasteiger partial charge in [-0.1, -0.05) is 0 Å². The summed E-state index contributed by atoms with van der Waals surface area (Å²) in [7, 11) is 0. The Labute approximate surface area is 76.9 Å². The second kappa shape index (κ2) is 3.51. The Balaban J connectivity index is 3.12. The molecule has 58 valence electrons. The Hall–Kier alpha value is -0.850. The topological polar surface area (TPSA) is 59.4 Å². The molecule has 1 heterocycles. The fourth-order valence-electron chi connectivity index (χ4n) is 0.618. The van der Waals surface area contributed by atoms with E-state index in [1.54, 1.807) is 23.0 Å². The van der Waals surface area contributed by atoms with Crippen molar-refractivity contribution in [3.8, 4) is 5.75 Å². The van der Waals surface area contributed by atoms with Crippen LogP contribution in [-0.4, -0.2) is 16.1 Å². The smallest absolute Gasteiger partial charge is 0.339 e. The van der Waals surface area contributed by atoms with Gasteiger partial charge < -0.3 is 8.17 Å². The molecule has 0 bridgehead atoms. The van der Waals surface area contributed by atoms with Crippen LogP contribution in [0.1, 0.15) is 10.4 Å². The van der Waals surface area contributed by atoms with E-state index in [-0.39, 0.29) is 11.3 Å². The van der Waals surface area contributed by atoms with Crippen LogP contribution in [0.2, 0.25) is 0 Å². The number of nitrogens with zero attached hydrogens (tertiary/aromatic N) is 1. The Morgan fingerprint density at radius 3 is 2.91 bits per heavy atom. The number of carboxylic acids is 1. The van der Waals surface area contributed by atoms with Crippen molar-refractivity contribution in [2.24, 2.45) is 0 Å². The third-order valence-corrected chi connectivity index (χ3v) is 1.57. The van der Waals surface area contributed by atoms with Gasteiger partial charge in [-0.25, -0.2) is 4.79 Å². The maximum atomic E-state index is 10.5. The molecule has 0 spiro atoms. The summed E-state index contributed by atoms with van der Waals surface area (Å²) in [6.45, 7) is 0. The number of aromatic nitrogens is 1. The summed E-state index contributed by atoms with van der Waals surface area (Å²) in [4.78, 5) is 14.2. The Morgan fingerprint density at radius 2 is 2.45 bits per heavy atom. The molecule has 5 heteroatoms. The quantitative estimate of drug-likeness (QED) is 0.823. The van der Waals surface area contributed by atoms with E-state index < -0.39 is 5.97 Å². The minimum absolute atomic E-state index is 0.120. The van der Waals surface area contributed by atoms with Crippen LogP contribution in [0.3, 0.4) is 0 Å². The molecule has 0 aliphatic heterocycles. The second-order valence-corrected chi connectivity index (χ2v) is 2.19. The number of rotatable bonds is 2. The highest BCUT2D eigenvalue weighted by molar-refractivity contribution is 14.1. The van der Waals surface area contributed by atoms with Crippen molar-refractivity contribution in [2.75, 3.05) is 0 Å². The second-order valence-electron chi connectivity index (χ2n) is 1.75. The lowest BCUT2D eigenvalue weighted by Gasteiger charge is -1.98. The molecule has 0 saturated heterocycles. The Kier molecular flexibility index (Phi) is 2.64. The number of carboxylic acid groups (broad SMARTS) is 1. The van der Waals surface area contributed by atoms with E-state index >= 15 is 0 Å². The van der Waals surface area contributed by atoms with Crippen LogP contribution in [0.25, 0.3) is 0 Å². The molecule has 0 unspecified atom stereocenters. The number of halogens is 1. The Morgan fingerprint density at radius 1 is 1.73 bits per heavy atom. The van der Waals surface area contributed by atoms with Crippen molar-refractivity contribution in [1.29, 1.82) is 0 Å². The average Bonchev–Trinajstić information content (AvgIpc) is 2.04. The molecule has 1 rings (SSSR count). The van der Waals surface area contributed by atoms with Gasteiger partial charge in [0.1, 0.15) is 5.56 Å². The molecule has 0 aliphatic rings. The summed E-state index contributed by atoms with van der Waals surface area (Å²) < 4.78 is 4.73. The molecule has 1 N–H and O–H groups in total. The van der Waals surface area contributed by atoms with Crippen LogP contribution in [-0.2, 0) is 0 Å². The monoisotopic (exact) mass is 265 g/mol. The lowest BCUT2D eigenvalue weighted by atomic mass is 10.2. The third kappa shape index (κ3) is 1.79. The molecule has 0 radical (unpaired) electrons. The van der Waals surface area contributed by atoms with Gasteiger partial charge in [0.2, 0.25) is 0 Å². The number of hydrogen-bond donors (Lipinski definition) is 1. The van der Waals surface area contributed by atoms with Crippen molar-refractivity contribution >= 4 is 29.0 Å². The predicted octanol–water partition coefficient (Wildman–Crippen LogP) is 1.51. The first-order valence-electron chi connectivity index (χ1n) is 2.71. The molecule has 0 saturated carbocycles. The highest BCUT2D eigenvalue weighted by Gasteiger charge is 2.09. The third-order valence-electron chi connectivity index (χ3n) is 1.10. The fraction of sp³-hybridized carbons (Fsp3) is 0. The van der Waals surface area contributed by atoms with Gasteiger partial charge in [0, 0.05) is 6.20 Å². The first-order valence-corrected chi connectivity index (χ1v) is 3.59. The molecule has 1 aromatic rings. The number of pyridine rings is 1. The molecule has 0 aromatic carbocycles. The minimum atomic E-state index is -1.01. The fourth-order valence-corrected chi connectivity index (χ4v) is 0.969. The normalized spacial score (nSPS) is 9.18. The van der Waals surface area contributed by atoms with Crippen LogP contribution in [0.5, 0.6) is 5.75 Å². The Bertz CT molecular complexity index is 276. The van der Waals surface area contributed by atoms with Crippen LogP contribution >= 0.6 is 23.0 Å². The van der Waals surface area contributed by atoms with E-state index in [1.165, 1.54) is 18.5 Å². The summed E-state index contributed by atoms with van der Waals surface area (Å²) in [5, 5.41) is 8.59. The van der Waals surface area contributed by atoms with Crippen molar-refractivity contribution in [3.63, 3.8) is 0 Å². The highest BCUT2D eigenvalue weighted by atomic mass is 127. The van der Waals surface area contributed by atoms with E-state index in [1.807, 2.05) is 0 Å².